The number of aromatic nitrogens is 1. The van der Waals surface area contributed by atoms with Crippen LogP contribution in [0.3, 0.4) is 0 Å². The topological polar surface area (TPSA) is 98.1 Å². The van der Waals surface area contributed by atoms with Crippen molar-refractivity contribution in [1.29, 1.82) is 0 Å². The van der Waals surface area contributed by atoms with Gasteiger partial charge in [-0.3, -0.25) is 9.59 Å². The summed E-state index contributed by atoms with van der Waals surface area (Å²) in [4.78, 5) is 39.1. The van der Waals surface area contributed by atoms with E-state index in [-0.39, 0.29) is 36.5 Å². The van der Waals surface area contributed by atoms with E-state index >= 15 is 0 Å². The van der Waals surface area contributed by atoms with Crippen LogP contribution in [0.15, 0.2) is 41.3 Å². The number of benzene rings is 1. The number of amides is 1. The normalized spacial score (nSPS) is 21.0. The SMILES string of the molecule is C[C@@H]1CCO[C@H]2Cn3cc(C(=O)O)c(=O)c(OCc4ccccc4)c3C(=O)N12. The molecule has 0 saturated carbocycles. The lowest BCUT2D eigenvalue weighted by molar-refractivity contribution is -0.112. The predicted molar refractivity (Wildman–Crippen MR) is 98.4 cm³/mol. The Bertz CT molecular complexity index is 984. The number of nitrogens with zero attached hydrogens (tertiary/aromatic N) is 2. The predicted octanol–water partition coefficient (Wildman–Crippen LogP) is 1.72. The molecule has 1 amide bonds. The molecule has 4 rings (SSSR count). The van der Waals surface area contributed by atoms with Gasteiger partial charge in [0.25, 0.3) is 5.91 Å². The molecule has 1 N–H and O–H groups in total. The zero-order valence-corrected chi connectivity index (χ0v) is 15.3. The van der Waals surface area contributed by atoms with Gasteiger partial charge in [0.2, 0.25) is 5.43 Å². The maximum Gasteiger partial charge on any atom is 0.341 e. The molecule has 1 fully saturated rings. The van der Waals surface area contributed by atoms with Gasteiger partial charge in [0.15, 0.2) is 17.7 Å². The quantitative estimate of drug-likeness (QED) is 0.862. The molecule has 8 heteroatoms. The molecule has 2 aliphatic rings. The number of hydrogen-bond donors (Lipinski definition) is 1. The lowest BCUT2D eigenvalue weighted by atomic mass is 10.1. The Morgan fingerprint density at radius 1 is 1.29 bits per heavy atom. The maximum absolute atomic E-state index is 13.2. The van der Waals surface area contributed by atoms with E-state index in [9.17, 15) is 19.5 Å². The second kappa shape index (κ2) is 7.12. The summed E-state index contributed by atoms with van der Waals surface area (Å²) in [6.45, 7) is 2.74. The second-order valence-corrected chi connectivity index (χ2v) is 6.96. The fourth-order valence-corrected chi connectivity index (χ4v) is 3.66. The number of carbonyl (C=O) groups is 2. The summed E-state index contributed by atoms with van der Waals surface area (Å²) in [6.07, 6.45) is 1.41. The number of carboxylic acid groups (broad SMARTS) is 1. The van der Waals surface area contributed by atoms with Crippen LogP contribution in [0.25, 0.3) is 0 Å². The van der Waals surface area contributed by atoms with E-state index in [2.05, 4.69) is 0 Å². The Labute approximate surface area is 160 Å². The van der Waals surface area contributed by atoms with E-state index in [4.69, 9.17) is 9.47 Å². The first-order valence-electron chi connectivity index (χ1n) is 9.09. The van der Waals surface area contributed by atoms with Gasteiger partial charge in [0, 0.05) is 12.2 Å². The fraction of sp³-hybridized carbons (Fsp3) is 0.350. The number of carboxylic acids is 1. The molecule has 8 nitrogen and oxygen atoms in total. The number of pyridine rings is 1. The average molecular weight is 384 g/mol. The molecule has 0 spiro atoms. The Balaban J connectivity index is 1.80. The van der Waals surface area contributed by atoms with Gasteiger partial charge < -0.3 is 24.0 Å². The number of aromatic carboxylic acids is 1. The summed E-state index contributed by atoms with van der Waals surface area (Å²) >= 11 is 0. The van der Waals surface area contributed by atoms with Crippen molar-refractivity contribution in [2.45, 2.75) is 38.8 Å². The number of rotatable bonds is 4. The molecule has 2 aliphatic heterocycles. The van der Waals surface area contributed by atoms with Crippen molar-refractivity contribution in [1.82, 2.24) is 9.47 Å². The summed E-state index contributed by atoms with van der Waals surface area (Å²) in [5, 5.41) is 9.42. The van der Waals surface area contributed by atoms with Gasteiger partial charge in [-0.15, -0.1) is 0 Å². The molecule has 0 unspecified atom stereocenters. The first-order valence-corrected chi connectivity index (χ1v) is 9.09. The van der Waals surface area contributed by atoms with Crippen molar-refractivity contribution < 1.29 is 24.2 Å². The third kappa shape index (κ3) is 3.05. The molecule has 2 atom stereocenters. The van der Waals surface area contributed by atoms with Crippen molar-refractivity contribution in [2.75, 3.05) is 6.61 Å². The van der Waals surface area contributed by atoms with Crippen LogP contribution in [-0.2, 0) is 17.9 Å². The maximum atomic E-state index is 13.2. The molecule has 1 saturated heterocycles. The smallest absolute Gasteiger partial charge is 0.341 e. The molecular formula is C20H20N2O6. The van der Waals surface area contributed by atoms with Crippen molar-refractivity contribution in [3.8, 4) is 5.75 Å². The lowest BCUT2D eigenvalue weighted by Crippen LogP contribution is -2.57. The average Bonchev–Trinajstić information content (AvgIpc) is 2.68. The number of fused-ring (bicyclic) bond motifs is 2. The van der Waals surface area contributed by atoms with Gasteiger partial charge in [-0.2, -0.15) is 0 Å². The Kier molecular flexibility index (Phi) is 4.64. The highest BCUT2D eigenvalue weighted by Crippen LogP contribution is 2.30. The zero-order valence-electron chi connectivity index (χ0n) is 15.3. The zero-order chi connectivity index (χ0) is 19.8. The van der Waals surface area contributed by atoms with Crippen LogP contribution in [0.4, 0.5) is 0 Å². The Hall–Kier alpha value is -3.13. The van der Waals surface area contributed by atoms with E-state index in [1.54, 1.807) is 4.90 Å². The summed E-state index contributed by atoms with van der Waals surface area (Å²) in [7, 11) is 0. The third-order valence-electron chi connectivity index (χ3n) is 5.12. The van der Waals surface area contributed by atoms with E-state index in [1.165, 1.54) is 10.8 Å². The van der Waals surface area contributed by atoms with Crippen molar-refractivity contribution in [3.63, 3.8) is 0 Å². The van der Waals surface area contributed by atoms with Gasteiger partial charge in [-0.1, -0.05) is 30.3 Å². The highest BCUT2D eigenvalue weighted by molar-refractivity contribution is 5.98. The van der Waals surface area contributed by atoms with Crippen molar-refractivity contribution in [3.05, 3.63) is 63.6 Å². The van der Waals surface area contributed by atoms with Crippen LogP contribution in [0, 0.1) is 0 Å². The standard InChI is InChI=1S/C20H20N2O6/c1-12-7-8-27-15-10-21-9-14(20(25)26)17(23)18(16(21)19(24)22(12)15)28-11-13-5-3-2-4-6-13/h2-6,9,12,15H,7-8,10-11H2,1H3,(H,25,26)/t12-,15+/m1/s1. The molecule has 1 aromatic carbocycles. The first-order chi connectivity index (χ1) is 13.5. The van der Waals surface area contributed by atoms with E-state index in [1.807, 2.05) is 37.3 Å². The van der Waals surface area contributed by atoms with Crippen molar-refractivity contribution in [2.24, 2.45) is 0 Å². The van der Waals surface area contributed by atoms with Gasteiger partial charge >= 0.3 is 5.97 Å². The van der Waals surface area contributed by atoms with Crippen LogP contribution in [-0.4, -0.2) is 45.3 Å². The molecule has 0 aliphatic carbocycles. The summed E-state index contributed by atoms with van der Waals surface area (Å²) in [5.74, 6) is -1.98. The van der Waals surface area contributed by atoms with E-state index in [0.29, 0.717) is 13.0 Å². The molecule has 146 valence electrons. The monoisotopic (exact) mass is 384 g/mol. The molecule has 28 heavy (non-hydrogen) atoms. The highest BCUT2D eigenvalue weighted by atomic mass is 16.5. The van der Waals surface area contributed by atoms with Crippen LogP contribution < -0.4 is 10.2 Å². The Morgan fingerprint density at radius 3 is 2.75 bits per heavy atom. The van der Waals surface area contributed by atoms with Gasteiger partial charge in [0.05, 0.1) is 13.2 Å². The number of hydrogen-bond acceptors (Lipinski definition) is 5. The molecule has 0 radical (unpaired) electrons. The van der Waals surface area contributed by atoms with Gasteiger partial charge in [0.1, 0.15) is 12.2 Å². The summed E-state index contributed by atoms with van der Waals surface area (Å²) < 4.78 is 12.9. The van der Waals surface area contributed by atoms with Crippen LogP contribution in [0.1, 0.15) is 39.8 Å². The van der Waals surface area contributed by atoms with Crippen LogP contribution >= 0.6 is 0 Å². The summed E-state index contributed by atoms with van der Waals surface area (Å²) in [5.41, 5.74) is -0.360. The number of ether oxygens (including phenoxy) is 2. The number of carbonyl (C=O) groups excluding carboxylic acids is 1. The minimum absolute atomic E-state index is 0.0452. The minimum atomic E-state index is -1.36. The molecule has 2 aromatic rings. The fourth-order valence-electron chi connectivity index (χ4n) is 3.66. The Morgan fingerprint density at radius 2 is 2.04 bits per heavy atom. The van der Waals surface area contributed by atoms with Crippen molar-refractivity contribution >= 4 is 11.9 Å². The molecule has 1 aromatic heterocycles. The second-order valence-electron chi connectivity index (χ2n) is 6.96. The molecule has 3 heterocycles. The van der Waals surface area contributed by atoms with Gasteiger partial charge in [-0.05, 0) is 18.9 Å². The highest BCUT2D eigenvalue weighted by Gasteiger charge is 2.41. The third-order valence-corrected chi connectivity index (χ3v) is 5.12. The first kappa shape index (κ1) is 18.2. The lowest BCUT2D eigenvalue weighted by Gasteiger charge is -2.44. The largest absolute Gasteiger partial charge is 0.483 e. The molecule has 0 bridgehead atoms. The van der Waals surface area contributed by atoms with Crippen LogP contribution in [0.5, 0.6) is 5.75 Å². The van der Waals surface area contributed by atoms with Gasteiger partial charge in [-0.25, -0.2) is 4.79 Å². The van der Waals surface area contributed by atoms with E-state index in [0.717, 1.165) is 5.56 Å². The molecular weight excluding hydrogens is 364 g/mol. The van der Waals surface area contributed by atoms with Crippen LogP contribution in [0.2, 0.25) is 0 Å². The minimum Gasteiger partial charge on any atom is -0.483 e. The summed E-state index contributed by atoms with van der Waals surface area (Å²) in [6, 6.07) is 9.12. The van der Waals surface area contributed by atoms with E-state index < -0.39 is 23.2 Å².